The van der Waals surface area contributed by atoms with Gasteiger partial charge in [0.25, 0.3) is 0 Å². The summed E-state index contributed by atoms with van der Waals surface area (Å²) < 4.78 is 33.0. The second-order valence-electron chi connectivity index (χ2n) is 14.0. The maximum absolute atomic E-state index is 13.5. The summed E-state index contributed by atoms with van der Waals surface area (Å²) in [5, 5.41) is 5.00. The Morgan fingerprint density at radius 3 is 2.61 bits per heavy atom. The zero-order valence-corrected chi connectivity index (χ0v) is 29.0. The van der Waals surface area contributed by atoms with Crippen molar-refractivity contribution in [3.8, 4) is 5.75 Å². The van der Waals surface area contributed by atoms with E-state index in [0.29, 0.717) is 36.7 Å². The van der Waals surface area contributed by atoms with Crippen molar-refractivity contribution in [1.82, 2.24) is 14.6 Å². The quantitative estimate of drug-likeness (QED) is 0.286. The summed E-state index contributed by atoms with van der Waals surface area (Å²) >= 11 is 0. The number of nitrogens with zero attached hydrogens (tertiary/aromatic N) is 4. The first-order chi connectivity index (χ1) is 21.9. The molecule has 0 amide bonds. The molecule has 3 aliphatic rings. The molecule has 4 bridgehead atoms. The first-order valence-corrected chi connectivity index (χ1v) is 16.8. The van der Waals surface area contributed by atoms with Crippen LogP contribution in [0.2, 0.25) is 0 Å². The molecule has 10 heteroatoms. The molecule has 3 aliphatic heterocycles. The Labute approximate surface area is 273 Å². The van der Waals surface area contributed by atoms with Crippen molar-refractivity contribution in [1.29, 1.82) is 0 Å². The van der Waals surface area contributed by atoms with Gasteiger partial charge in [-0.05, 0) is 99.1 Å². The van der Waals surface area contributed by atoms with Crippen LogP contribution in [0.4, 0.5) is 5.82 Å². The van der Waals surface area contributed by atoms with Crippen molar-refractivity contribution in [2.75, 3.05) is 31.2 Å². The fraction of sp³-hybridized carbons (Fsp3) is 0.639. The number of hydrogen-bond donors (Lipinski definition) is 0. The molecule has 2 aromatic heterocycles. The Balaban J connectivity index is 1.57. The van der Waals surface area contributed by atoms with Crippen molar-refractivity contribution < 1.29 is 28.5 Å². The van der Waals surface area contributed by atoms with E-state index in [2.05, 4.69) is 43.9 Å². The summed E-state index contributed by atoms with van der Waals surface area (Å²) in [5.74, 6) is 1.23. The number of rotatable bonds is 4. The monoisotopic (exact) mass is 636 g/mol. The standard InChI is InChI=1S/C36H52N4O6/c1-9-43-34(41)32(46-35(5,6)7)31-26(4)37-30-21-28-23-42-22-27-14-13-24(2)20-29(27)45-25(3)12-10-11-19-44-36(8)15-17-39(18-16-36)33(31)40(30)38-28/h13-14,20-21,25,32H,9-12,15-19,22-23H2,1-8H3. The summed E-state index contributed by atoms with van der Waals surface area (Å²) in [6.07, 6.45) is 3.77. The Hall–Kier alpha value is -3.21. The first kappa shape index (κ1) is 34.1. The van der Waals surface area contributed by atoms with E-state index in [-0.39, 0.29) is 18.3 Å². The van der Waals surface area contributed by atoms with Gasteiger partial charge in [-0.15, -0.1) is 0 Å². The molecule has 2 unspecified atom stereocenters. The second kappa shape index (κ2) is 14.3. The van der Waals surface area contributed by atoms with Crippen LogP contribution in [0.1, 0.15) is 108 Å². The molecule has 5 heterocycles. The molecule has 10 nitrogen and oxygen atoms in total. The Kier molecular flexibility index (Phi) is 10.6. The number of esters is 1. The van der Waals surface area contributed by atoms with E-state index >= 15 is 0 Å². The van der Waals surface area contributed by atoms with Gasteiger partial charge in [-0.2, -0.15) is 9.61 Å². The van der Waals surface area contributed by atoms with Gasteiger partial charge in [-0.1, -0.05) is 12.1 Å². The predicted molar refractivity (Wildman–Crippen MR) is 177 cm³/mol. The largest absolute Gasteiger partial charge is 0.490 e. The van der Waals surface area contributed by atoms with Gasteiger partial charge in [0.2, 0.25) is 0 Å². The summed E-state index contributed by atoms with van der Waals surface area (Å²) in [6, 6.07) is 8.20. The summed E-state index contributed by atoms with van der Waals surface area (Å²) in [4.78, 5) is 20.7. The molecule has 252 valence electrons. The van der Waals surface area contributed by atoms with E-state index in [9.17, 15) is 4.79 Å². The van der Waals surface area contributed by atoms with Crippen LogP contribution in [0.15, 0.2) is 24.3 Å². The van der Waals surface area contributed by atoms with Crippen LogP contribution in [-0.2, 0) is 37.0 Å². The molecule has 2 atom stereocenters. The highest BCUT2D eigenvalue weighted by Crippen LogP contribution is 2.38. The molecule has 0 radical (unpaired) electrons. The molecule has 0 aliphatic carbocycles. The fourth-order valence-corrected chi connectivity index (χ4v) is 6.26. The molecule has 1 fully saturated rings. The highest BCUT2D eigenvalue weighted by molar-refractivity contribution is 5.80. The van der Waals surface area contributed by atoms with E-state index < -0.39 is 17.7 Å². The van der Waals surface area contributed by atoms with Crippen LogP contribution >= 0.6 is 0 Å². The van der Waals surface area contributed by atoms with Crippen molar-refractivity contribution in [3.05, 3.63) is 52.3 Å². The van der Waals surface area contributed by atoms with Gasteiger partial charge in [-0.3, -0.25) is 0 Å². The highest BCUT2D eigenvalue weighted by Gasteiger charge is 2.38. The van der Waals surface area contributed by atoms with Crippen molar-refractivity contribution in [2.24, 2.45) is 0 Å². The smallest absolute Gasteiger partial charge is 0.340 e. The van der Waals surface area contributed by atoms with E-state index in [4.69, 9.17) is 33.8 Å². The lowest BCUT2D eigenvalue weighted by Gasteiger charge is -2.41. The van der Waals surface area contributed by atoms with Gasteiger partial charge in [0.15, 0.2) is 11.8 Å². The fourth-order valence-electron chi connectivity index (χ4n) is 6.26. The van der Waals surface area contributed by atoms with Gasteiger partial charge in [0.1, 0.15) is 11.6 Å². The van der Waals surface area contributed by atoms with Crippen LogP contribution < -0.4 is 9.64 Å². The van der Waals surface area contributed by atoms with E-state index in [1.165, 1.54) is 0 Å². The second-order valence-corrected chi connectivity index (χ2v) is 14.0. The first-order valence-electron chi connectivity index (χ1n) is 16.8. The van der Waals surface area contributed by atoms with Crippen molar-refractivity contribution in [2.45, 2.75) is 124 Å². The number of ether oxygens (including phenoxy) is 5. The lowest BCUT2D eigenvalue weighted by atomic mass is 9.92. The van der Waals surface area contributed by atoms with Gasteiger partial charge in [-0.25, -0.2) is 9.78 Å². The number of piperidine rings is 1. The summed E-state index contributed by atoms with van der Waals surface area (Å²) in [5.41, 5.74) is 4.14. The minimum absolute atomic E-state index is 0.0889. The Morgan fingerprint density at radius 1 is 1.13 bits per heavy atom. The average molecular weight is 637 g/mol. The normalized spacial score (nSPS) is 22.3. The molecule has 46 heavy (non-hydrogen) atoms. The molecule has 6 rings (SSSR count). The third kappa shape index (κ3) is 8.19. The maximum atomic E-state index is 13.5. The Bertz CT molecular complexity index is 1500. The highest BCUT2D eigenvalue weighted by atomic mass is 16.6. The lowest BCUT2D eigenvalue weighted by molar-refractivity contribution is -0.166. The number of carbonyl (C=O) groups excluding carboxylic acids is 1. The zero-order chi connectivity index (χ0) is 33.1. The summed E-state index contributed by atoms with van der Waals surface area (Å²) in [7, 11) is 0. The topological polar surface area (TPSA) is 96.7 Å². The minimum Gasteiger partial charge on any atom is -0.490 e. The number of benzene rings is 1. The van der Waals surface area contributed by atoms with E-state index in [1.54, 1.807) is 0 Å². The lowest BCUT2D eigenvalue weighted by Crippen LogP contribution is -2.46. The third-order valence-corrected chi connectivity index (χ3v) is 8.72. The molecule has 0 spiro atoms. The Morgan fingerprint density at radius 2 is 1.89 bits per heavy atom. The third-order valence-electron chi connectivity index (χ3n) is 8.72. The molecule has 1 aromatic carbocycles. The predicted octanol–water partition coefficient (Wildman–Crippen LogP) is 6.81. The number of aryl methyl sites for hydroxylation is 2. The van der Waals surface area contributed by atoms with Crippen LogP contribution in [0.3, 0.4) is 0 Å². The maximum Gasteiger partial charge on any atom is 0.340 e. The number of hydrogen-bond acceptors (Lipinski definition) is 9. The van der Waals surface area contributed by atoms with Crippen LogP contribution in [-0.4, -0.2) is 64.2 Å². The molecular formula is C36H52N4O6. The molecule has 1 saturated heterocycles. The molecule has 3 aromatic rings. The van der Waals surface area contributed by atoms with Crippen LogP contribution in [0.25, 0.3) is 5.65 Å². The average Bonchev–Trinajstić information content (AvgIpc) is 3.38. The SMILES string of the molecule is CCOC(=O)C(OC(C)(C)C)c1c(C)nc2cc3nn2c1N1CCC(C)(CC1)OCCCCC(C)Oc1cc(C)ccc1COC3. The number of anilines is 1. The van der Waals surface area contributed by atoms with Gasteiger partial charge >= 0.3 is 5.97 Å². The van der Waals surface area contributed by atoms with Gasteiger partial charge < -0.3 is 28.6 Å². The molecule has 0 N–H and O–H groups in total. The van der Waals surface area contributed by atoms with Crippen molar-refractivity contribution in [3.63, 3.8) is 0 Å². The van der Waals surface area contributed by atoms with Gasteiger partial charge in [0.05, 0.1) is 48.4 Å². The minimum atomic E-state index is -0.965. The van der Waals surface area contributed by atoms with E-state index in [0.717, 1.165) is 73.6 Å². The van der Waals surface area contributed by atoms with Gasteiger partial charge in [0, 0.05) is 37.0 Å². The number of aromatic nitrogens is 3. The summed E-state index contributed by atoms with van der Waals surface area (Å²) in [6.45, 7) is 19.1. The van der Waals surface area contributed by atoms with E-state index in [1.807, 2.05) is 45.2 Å². The van der Waals surface area contributed by atoms with Crippen LogP contribution in [0, 0.1) is 13.8 Å². The van der Waals surface area contributed by atoms with Crippen molar-refractivity contribution >= 4 is 17.4 Å². The molecule has 0 saturated carbocycles. The molecular weight excluding hydrogens is 584 g/mol. The van der Waals surface area contributed by atoms with Crippen LogP contribution in [0.5, 0.6) is 5.75 Å². The number of fused-ring (bicyclic) bond motifs is 10. The number of carbonyl (C=O) groups is 1. The zero-order valence-electron chi connectivity index (χ0n) is 29.0.